The molecule has 0 spiro atoms. The smallest absolute Gasteiger partial charge is 0.155 e. The average Bonchev–Trinajstić information content (AvgIpc) is 3.18. The van der Waals surface area contributed by atoms with Gasteiger partial charge in [-0.3, -0.25) is 4.79 Å². The molecule has 6 rings (SSSR count). The number of hydrogen-bond acceptors (Lipinski definition) is 3. The van der Waals surface area contributed by atoms with Crippen LogP contribution < -0.4 is 0 Å². The van der Waals surface area contributed by atoms with Crippen molar-refractivity contribution in [1.29, 1.82) is 5.26 Å². The van der Waals surface area contributed by atoms with Gasteiger partial charge in [0.15, 0.2) is 5.78 Å². The molecule has 4 aliphatic carbocycles. The Morgan fingerprint density at radius 2 is 1.68 bits per heavy atom. The van der Waals surface area contributed by atoms with Crippen LogP contribution in [0.2, 0.25) is 0 Å². The van der Waals surface area contributed by atoms with Crippen molar-refractivity contribution < 1.29 is 9.90 Å². The monoisotopic (exact) mass is 487 g/mol. The van der Waals surface area contributed by atoms with Crippen LogP contribution in [0.15, 0.2) is 72.3 Å². The highest BCUT2D eigenvalue weighted by atomic mass is 16.3. The average molecular weight is 488 g/mol. The normalized spacial score (nSPS) is 35.8. The van der Waals surface area contributed by atoms with Gasteiger partial charge in [0, 0.05) is 11.8 Å². The maximum absolute atomic E-state index is 12.3. The minimum atomic E-state index is -1.11. The summed E-state index contributed by atoms with van der Waals surface area (Å²) in [6.45, 7) is 4.05. The Morgan fingerprint density at radius 3 is 2.35 bits per heavy atom. The second-order valence-electron chi connectivity index (χ2n) is 11.7. The minimum absolute atomic E-state index is 0.280. The first-order valence-electron chi connectivity index (χ1n) is 13.6. The van der Waals surface area contributed by atoms with Gasteiger partial charge in [-0.2, -0.15) is 5.26 Å². The highest BCUT2D eigenvalue weighted by molar-refractivity contribution is 5.91. The first-order chi connectivity index (χ1) is 17.9. The SMILES string of the molecule is CC#C[C@]1(O)C=C[C@H]2[C@@H]3CCC4=CC(=O)CC[C@@H]4[C@H]3[C@@H](c3ccc(-c4ccc(C#N)cc4)cc3)C[C@@]21C. The number of carbonyl (C=O) groups is 1. The van der Waals surface area contributed by atoms with Crippen molar-refractivity contribution in [1.82, 2.24) is 0 Å². The van der Waals surface area contributed by atoms with Crippen LogP contribution in [-0.4, -0.2) is 16.5 Å². The maximum Gasteiger partial charge on any atom is 0.155 e. The Labute approximate surface area is 219 Å². The fourth-order valence-electron chi connectivity index (χ4n) is 8.16. The van der Waals surface area contributed by atoms with Crippen LogP contribution in [0, 0.1) is 52.3 Å². The largest absolute Gasteiger partial charge is 0.373 e. The quantitative estimate of drug-likeness (QED) is 0.384. The Morgan fingerprint density at radius 1 is 0.973 bits per heavy atom. The highest BCUT2D eigenvalue weighted by Crippen LogP contribution is 2.66. The number of fused-ring (bicyclic) bond motifs is 5. The molecule has 1 N–H and O–H groups in total. The lowest BCUT2D eigenvalue weighted by Crippen LogP contribution is -2.55. The van der Waals surface area contributed by atoms with E-state index in [1.807, 2.05) is 43.3 Å². The van der Waals surface area contributed by atoms with Gasteiger partial charge in [0.05, 0.1) is 11.6 Å². The number of nitrogens with zero attached hydrogens (tertiary/aromatic N) is 1. The molecule has 4 aliphatic rings. The molecule has 0 heterocycles. The topological polar surface area (TPSA) is 61.1 Å². The lowest BCUT2D eigenvalue weighted by atomic mass is 9.46. The van der Waals surface area contributed by atoms with E-state index in [4.69, 9.17) is 5.26 Å². The summed E-state index contributed by atoms with van der Waals surface area (Å²) in [5, 5.41) is 20.9. The van der Waals surface area contributed by atoms with E-state index in [1.165, 1.54) is 11.1 Å². The van der Waals surface area contributed by atoms with Crippen molar-refractivity contribution in [3.05, 3.63) is 83.5 Å². The molecule has 0 aliphatic heterocycles. The molecule has 37 heavy (non-hydrogen) atoms. The Balaban J connectivity index is 1.41. The van der Waals surface area contributed by atoms with E-state index in [1.54, 1.807) is 0 Å². The van der Waals surface area contributed by atoms with Crippen LogP contribution in [-0.2, 0) is 4.79 Å². The molecular formula is C34H33NO2. The number of benzene rings is 2. The molecule has 2 aromatic rings. The van der Waals surface area contributed by atoms with E-state index in [0.29, 0.717) is 29.7 Å². The fraction of sp³-hybridized carbons (Fsp3) is 0.412. The van der Waals surface area contributed by atoms with Crippen LogP contribution >= 0.6 is 0 Å². The number of ketones is 1. The maximum atomic E-state index is 12.3. The zero-order chi connectivity index (χ0) is 25.8. The molecule has 0 saturated heterocycles. The number of hydrogen-bond donors (Lipinski definition) is 1. The molecule has 3 heteroatoms. The summed E-state index contributed by atoms with van der Waals surface area (Å²) in [6, 6.07) is 18.8. The molecule has 0 aromatic heterocycles. The molecular weight excluding hydrogens is 454 g/mol. The van der Waals surface area contributed by atoms with Crippen LogP contribution in [0.3, 0.4) is 0 Å². The molecule has 2 fully saturated rings. The second-order valence-corrected chi connectivity index (χ2v) is 11.7. The molecule has 3 nitrogen and oxygen atoms in total. The van der Waals surface area contributed by atoms with Crippen molar-refractivity contribution in [2.45, 2.75) is 57.5 Å². The summed E-state index contributed by atoms with van der Waals surface area (Å²) in [5.41, 5.74) is 4.09. The van der Waals surface area contributed by atoms with Crippen molar-refractivity contribution in [2.24, 2.45) is 29.1 Å². The van der Waals surface area contributed by atoms with Gasteiger partial charge in [-0.15, -0.1) is 5.92 Å². The summed E-state index contributed by atoms with van der Waals surface area (Å²) in [4.78, 5) is 12.3. The van der Waals surface area contributed by atoms with Gasteiger partial charge in [-0.25, -0.2) is 0 Å². The fourth-order valence-corrected chi connectivity index (χ4v) is 8.16. The molecule has 0 amide bonds. The molecule has 2 aromatic carbocycles. The van der Waals surface area contributed by atoms with E-state index in [9.17, 15) is 9.90 Å². The van der Waals surface area contributed by atoms with E-state index in [-0.39, 0.29) is 23.0 Å². The summed E-state index contributed by atoms with van der Waals surface area (Å²) >= 11 is 0. The number of allylic oxidation sites excluding steroid dienone is 3. The lowest BCUT2D eigenvalue weighted by molar-refractivity contribution is -0.116. The third-order valence-corrected chi connectivity index (χ3v) is 9.97. The van der Waals surface area contributed by atoms with Gasteiger partial charge in [-0.1, -0.05) is 60.9 Å². The second kappa shape index (κ2) is 8.86. The standard InChI is InChI=1S/C34H33NO2/c1-3-17-34(37)18-16-31-29-14-12-26-19-27(36)13-15-28(26)32(29)30(20-33(31,34)2)25-10-8-24(9-11-25)23-6-4-22(21-35)5-7-23/h4-11,16,18-19,28-32,37H,12-15,20H2,1-2H3/t28-,29-,30+,31-,32+,33-,34-/m0/s1. The van der Waals surface area contributed by atoms with E-state index < -0.39 is 5.60 Å². The molecule has 186 valence electrons. The summed E-state index contributed by atoms with van der Waals surface area (Å²) in [6.07, 6.45) is 10.7. The van der Waals surface area contributed by atoms with Crippen molar-refractivity contribution >= 4 is 5.78 Å². The van der Waals surface area contributed by atoms with Crippen LogP contribution in [0.4, 0.5) is 0 Å². The van der Waals surface area contributed by atoms with Gasteiger partial charge in [0.1, 0.15) is 5.60 Å². The first kappa shape index (κ1) is 24.0. The number of aliphatic hydroxyl groups is 1. The van der Waals surface area contributed by atoms with Gasteiger partial charge < -0.3 is 5.11 Å². The van der Waals surface area contributed by atoms with Crippen molar-refractivity contribution in [3.8, 4) is 29.0 Å². The first-order valence-corrected chi connectivity index (χ1v) is 13.6. The zero-order valence-electron chi connectivity index (χ0n) is 21.6. The molecule has 2 saturated carbocycles. The summed E-state index contributed by atoms with van der Waals surface area (Å²) in [5.74, 6) is 8.37. The van der Waals surface area contributed by atoms with Gasteiger partial charge >= 0.3 is 0 Å². The van der Waals surface area contributed by atoms with Crippen molar-refractivity contribution in [3.63, 3.8) is 0 Å². The molecule has 0 unspecified atom stereocenters. The number of nitriles is 1. The third-order valence-electron chi connectivity index (χ3n) is 9.97. The van der Waals surface area contributed by atoms with Crippen LogP contribution in [0.25, 0.3) is 11.1 Å². The number of rotatable bonds is 2. The van der Waals surface area contributed by atoms with E-state index in [2.05, 4.69) is 55.2 Å². The Kier molecular flexibility index (Phi) is 5.74. The highest BCUT2D eigenvalue weighted by Gasteiger charge is 2.62. The zero-order valence-corrected chi connectivity index (χ0v) is 21.6. The van der Waals surface area contributed by atoms with E-state index >= 15 is 0 Å². The summed E-state index contributed by atoms with van der Waals surface area (Å²) in [7, 11) is 0. The van der Waals surface area contributed by atoms with Gasteiger partial charge in [0.25, 0.3) is 0 Å². The molecule has 7 atom stereocenters. The Hall–Kier alpha value is -3.40. The predicted molar refractivity (Wildman–Crippen MR) is 145 cm³/mol. The van der Waals surface area contributed by atoms with Crippen molar-refractivity contribution in [2.75, 3.05) is 0 Å². The van der Waals surface area contributed by atoms with Gasteiger partial charge in [-0.05, 0) is 103 Å². The Bertz CT molecular complexity index is 1400. The predicted octanol–water partition coefficient (Wildman–Crippen LogP) is 6.59. The van der Waals surface area contributed by atoms with Crippen LogP contribution in [0.1, 0.15) is 63.0 Å². The lowest BCUT2D eigenvalue weighted by Gasteiger charge is -2.58. The summed E-state index contributed by atoms with van der Waals surface area (Å²) < 4.78 is 0. The van der Waals surface area contributed by atoms with E-state index in [0.717, 1.165) is 36.8 Å². The number of carbonyl (C=O) groups excluding carboxylic acids is 1. The molecule has 0 radical (unpaired) electrons. The molecule has 0 bridgehead atoms. The third kappa shape index (κ3) is 3.72. The minimum Gasteiger partial charge on any atom is -0.373 e. The van der Waals surface area contributed by atoms with Crippen LogP contribution in [0.5, 0.6) is 0 Å². The van der Waals surface area contributed by atoms with Gasteiger partial charge in [0.2, 0.25) is 0 Å².